The van der Waals surface area contributed by atoms with E-state index in [4.69, 9.17) is 16.8 Å². The highest BCUT2D eigenvalue weighted by Gasteiger charge is 2.08. The third-order valence-corrected chi connectivity index (χ3v) is 2.67. The van der Waals surface area contributed by atoms with Crippen LogP contribution in [0.15, 0.2) is 47.6 Å². The van der Waals surface area contributed by atoms with Crippen LogP contribution in [0.5, 0.6) is 0 Å². The van der Waals surface area contributed by atoms with Gasteiger partial charge in [0.1, 0.15) is 0 Å². The molecule has 2 rings (SSSR count). The molecule has 0 fully saturated rings. The monoisotopic (exact) mass is 219 g/mol. The number of alkyl halides is 1. The number of hydrogen-bond acceptors (Lipinski definition) is 2. The van der Waals surface area contributed by atoms with E-state index in [0.29, 0.717) is 0 Å². The fraction of sp³-hybridized carbons (Fsp3) is 0.0833. The Bertz CT molecular complexity index is 490. The molecule has 0 saturated carbocycles. The van der Waals surface area contributed by atoms with E-state index in [1.165, 1.54) is 6.21 Å². The molecule has 0 aromatic heterocycles. The summed E-state index contributed by atoms with van der Waals surface area (Å²) in [4.78, 5) is 0. The Kier molecular flexibility index (Phi) is 2.88. The summed E-state index contributed by atoms with van der Waals surface area (Å²) in [5.41, 5.74) is 0.951. The highest BCUT2D eigenvalue weighted by atomic mass is 35.5. The van der Waals surface area contributed by atoms with Gasteiger partial charge in [0.25, 0.3) is 0 Å². The van der Waals surface area contributed by atoms with Crippen LogP contribution in [0, 0.1) is 0 Å². The van der Waals surface area contributed by atoms with Gasteiger partial charge in [-0.15, -0.1) is 16.8 Å². The van der Waals surface area contributed by atoms with Gasteiger partial charge in [0.2, 0.25) is 0 Å². The molecule has 0 saturated heterocycles. The normalized spacial score (nSPS) is 13.4. The molecule has 0 bridgehead atoms. The minimum absolute atomic E-state index is 0.402. The summed E-state index contributed by atoms with van der Waals surface area (Å²) in [5.74, 6) is 0. The molecule has 0 heterocycles. The van der Waals surface area contributed by atoms with Gasteiger partial charge < -0.3 is 5.21 Å². The number of fused-ring (bicyclic) bond motifs is 1. The van der Waals surface area contributed by atoms with Crippen molar-refractivity contribution in [3.8, 4) is 0 Å². The maximum Gasteiger partial charge on any atom is 0.0976 e. The van der Waals surface area contributed by atoms with Crippen molar-refractivity contribution >= 4 is 28.6 Å². The molecule has 76 valence electrons. The summed E-state index contributed by atoms with van der Waals surface area (Å²) in [5, 5.41) is 13.2. The second-order valence-electron chi connectivity index (χ2n) is 3.23. The first-order valence-corrected chi connectivity index (χ1v) is 5.06. The molecular formula is C12H10ClNO. The Labute approximate surface area is 92.8 Å². The van der Waals surface area contributed by atoms with E-state index in [0.717, 1.165) is 16.3 Å². The lowest BCUT2D eigenvalue weighted by molar-refractivity contribution is 0.320. The molecule has 3 heteroatoms. The van der Waals surface area contributed by atoms with Crippen molar-refractivity contribution in [3.63, 3.8) is 0 Å². The topological polar surface area (TPSA) is 32.6 Å². The molecule has 0 aliphatic heterocycles. The van der Waals surface area contributed by atoms with E-state index >= 15 is 0 Å². The van der Waals surface area contributed by atoms with Gasteiger partial charge in [0, 0.05) is 0 Å². The summed E-state index contributed by atoms with van der Waals surface area (Å²) in [7, 11) is 0. The lowest BCUT2D eigenvalue weighted by atomic mass is 10.0. The predicted molar refractivity (Wildman–Crippen MR) is 62.8 cm³/mol. The highest BCUT2D eigenvalue weighted by molar-refractivity contribution is 6.29. The zero-order valence-corrected chi connectivity index (χ0v) is 8.72. The van der Waals surface area contributed by atoms with Crippen molar-refractivity contribution < 1.29 is 5.21 Å². The van der Waals surface area contributed by atoms with Gasteiger partial charge in [-0.1, -0.05) is 42.5 Å². The largest absolute Gasteiger partial charge is 0.411 e. The fourth-order valence-electron chi connectivity index (χ4n) is 1.63. The molecule has 0 amide bonds. The lowest BCUT2D eigenvalue weighted by Crippen LogP contribution is -1.92. The van der Waals surface area contributed by atoms with E-state index in [1.807, 2.05) is 42.5 Å². The number of hydrogen-bond donors (Lipinski definition) is 1. The molecule has 1 atom stereocenters. The molecule has 1 N–H and O–H groups in total. The third-order valence-electron chi connectivity index (χ3n) is 2.32. The quantitative estimate of drug-likeness (QED) is 0.356. The van der Waals surface area contributed by atoms with Crippen LogP contribution >= 0.6 is 11.6 Å². The first-order valence-electron chi connectivity index (χ1n) is 4.62. The number of nitrogens with zero attached hydrogens (tertiary/aromatic N) is 1. The Balaban J connectivity index is 2.60. The average molecular weight is 220 g/mol. The Morgan fingerprint density at radius 3 is 2.67 bits per heavy atom. The van der Waals surface area contributed by atoms with Crippen molar-refractivity contribution in [1.82, 2.24) is 0 Å². The maximum absolute atomic E-state index is 8.46. The Morgan fingerprint density at radius 2 is 1.87 bits per heavy atom. The summed E-state index contributed by atoms with van der Waals surface area (Å²) in [6, 6.07) is 13.9. The molecule has 15 heavy (non-hydrogen) atoms. The zero-order valence-electron chi connectivity index (χ0n) is 7.97. The minimum atomic E-state index is -0.402. The van der Waals surface area contributed by atoms with Crippen molar-refractivity contribution in [3.05, 3.63) is 48.0 Å². The molecule has 2 aromatic rings. The number of benzene rings is 2. The second-order valence-corrected chi connectivity index (χ2v) is 3.70. The molecule has 2 nitrogen and oxygen atoms in total. The van der Waals surface area contributed by atoms with Gasteiger partial charge in [-0.05, 0) is 16.3 Å². The molecular weight excluding hydrogens is 210 g/mol. The molecule has 2 aromatic carbocycles. The molecule has 0 aliphatic rings. The van der Waals surface area contributed by atoms with Crippen LogP contribution in [-0.2, 0) is 0 Å². The van der Waals surface area contributed by atoms with Crippen LogP contribution in [0.1, 0.15) is 10.9 Å². The first kappa shape index (κ1) is 9.99. The summed E-state index contributed by atoms with van der Waals surface area (Å²) in [6.45, 7) is 0. The van der Waals surface area contributed by atoms with Crippen molar-refractivity contribution in [2.75, 3.05) is 0 Å². The maximum atomic E-state index is 8.46. The van der Waals surface area contributed by atoms with Gasteiger partial charge in [-0.25, -0.2) is 0 Å². The summed E-state index contributed by atoms with van der Waals surface area (Å²) in [6.07, 6.45) is 1.31. The molecule has 1 unspecified atom stereocenters. The highest BCUT2D eigenvalue weighted by Crippen LogP contribution is 2.26. The number of halogens is 1. The van der Waals surface area contributed by atoms with Gasteiger partial charge in [0.05, 0.1) is 11.6 Å². The third kappa shape index (κ3) is 1.95. The fourth-order valence-corrected chi connectivity index (χ4v) is 1.87. The molecule has 0 spiro atoms. The Hall–Kier alpha value is -1.54. The average Bonchev–Trinajstić information content (AvgIpc) is 2.28. The van der Waals surface area contributed by atoms with E-state index in [9.17, 15) is 0 Å². The van der Waals surface area contributed by atoms with Crippen LogP contribution in [-0.4, -0.2) is 11.4 Å². The summed E-state index contributed by atoms with van der Waals surface area (Å²) < 4.78 is 0. The smallest absolute Gasteiger partial charge is 0.0976 e. The van der Waals surface area contributed by atoms with Crippen LogP contribution in [0.2, 0.25) is 0 Å². The van der Waals surface area contributed by atoms with Crippen molar-refractivity contribution in [2.24, 2.45) is 5.16 Å². The minimum Gasteiger partial charge on any atom is -0.411 e. The van der Waals surface area contributed by atoms with Crippen LogP contribution in [0.4, 0.5) is 0 Å². The SMILES string of the molecule is O/N=C/C(Cl)c1cccc2ccccc12. The Morgan fingerprint density at radius 1 is 1.13 bits per heavy atom. The van der Waals surface area contributed by atoms with Crippen molar-refractivity contribution in [2.45, 2.75) is 5.38 Å². The van der Waals surface area contributed by atoms with Crippen LogP contribution in [0.3, 0.4) is 0 Å². The van der Waals surface area contributed by atoms with Gasteiger partial charge in [-0.3, -0.25) is 0 Å². The van der Waals surface area contributed by atoms with Crippen LogP contribution < -0.4 is 0 Å². The lowest BCUT2D eigenvalue weighted by Gasteiger charge is -2.07. The van der Waals surface area contributed by atoms with E-state index in [-0.39, 0.29) is 0 Å². The molecule has 0 aliphatic carbocycles. The first-order chi connectivity index (χ1) is 7.33. The molecule has 0 radical (unpaired) electrons. The predicted octanol–water partition coefficient (Wildman–Crippen LogP) is 3.58. The van der Waals surface area contributed by atoms with E-state index < -0.39 is 5.38 Å². The summed E-state index contributed by atoms with van der Waals surface area (Å²) >= 11 is 6.08. The van der Waals surface area contributed by atoms with Crippen molar-refractivity contribution in [1.29, 1.82) is 0 Å². The van der Waals surface area contributed by atoms with E-state index in [2.05, 4.69) is 5.16 Å². The second kappa shape index (κ2) is 4.32. The van der Waals surface area contributed by atoms with Gasteiger partial charge in [-0.2, -0.15) is 0 Å². The van der Waals surface area contributed by atoms with Gasteiger partial charge >= 0.3 is 0 Å². The zero-order chi connectivity index (χ0) is 10.7. The van der Waals surface area contributed by atoms with Crippen LogP contribution in [0.25, 0.3) is 10.8 Å². The number of rotatable bonds is 2. The number of oxime groups is 1. The van der Waals surface area contributed by atoms with E-state index in [1.54, 1.807) is 0 Å². The standard InChI is InChI=1S/C12H10ClNO/c13-12(8-14-15)11-7-3-5-9-4-1-2-6-10(9)11/h1-8,12,15H/b14-8+. The van der Waals surface area contributed by atoms with Gasteiger partial charge in [0.15, 0.2) is 0 Å².